The van der Waals surface area contributed by atoms with Gasteiger partial charge in [-0.2, -0.15) is 0 Å². The van der Waals surface area contributed by atoms with Crippen LogP contribution in [0.3, 0.4) is 0 Å². The number of allylic oxidation sites excluding steroid dienone is 3. The SMILES string of the molecule is C1=CC=S(c2ccccn2)C=C1. The molecule has 0 aliphatic carbocycles. The Labute approximate surface area is 74.4 Å². The molecule has 60 valence electrons. The summed E-state index contributed by atoms with van der Waals surface area (Å²) in [7, 11) is 0.0885. The summed E-state index contributed by atoms with van der Waals surface area (Å²) >= 11 is 0. The van der Waals surface area contributed by atoms with Crippen LogP contribution in [-0.4, -0.2) is 10.4 Å². The zero-order valence-electron chi connectivity index (χ0n) is 6.55. The Hall–Kier alpha value is -1.15. The highest BCUT2D eigenvalue weighted by Crippen LogP contribution is 2.25. The fourth-order valence-electron chi connectivity index (χ4n) is 0.995. The van der Waals surface area contributed by atoms with Gasteiger partial charge >= 0.3 is 0 Å². The molecule has 0 aromatic carbocycles. The first-order valence-corrected chi connectivity index (χ1v) is 5.13. The van der Waals surface area contributed by atoms with Gasteiger partial charge in [0.15, 0.2) is 0 Å². The number of hydrogen-bond donors (Lipinski definition) is 0. The van der Waals surface area contributed by atoms with Crippen LogP contribution in [0.15, 0.2) is 53.1 Å². The maximum atomic E-state index is 4.30. The molecule has 0 saturated heterocycles. The predicted octanol–water partition coefficient (Wildman–Crippen LogP) is 2.60. The number of nitrogens with zero attached hydrogens (tertiary/aromatic N) is 1. The summed E-state index contributed by atoms with van der Waals surface area (Å²) in [6.45, 7) is 0. The van der Waals surface area contributed by atoms with Gasteiger partial charge in [0.2, 0.25) is 0 Å². The van der Waals surface area contributed by atoms with Crippen molar-refractivity contribution in [2.75, 3.05) is 0 Å². The molecule has 0 saturated carbocycles. The minimum atomic E-state index is 0.0885. The highest BCUT2D eigenvalue weighted by atomic mass is 32.2. The van der Waals surface area contributed by atoms with Crippen molar-refractivity contribution in [1.82, 2.24) is 4.98 Å². The zero-order valence-corrected chi connectivity index (χ0v) is 7.37. The van der Waals surface area contributed by atoms with Gasteiger partial charge in [-0.15, -0.1) is 10.5 Å². The lowest BCUT2D eigenvalue weighted by molar-refractivity contribution is 1.14. The summed E-state index contributed by atoms with van der Waals surface area (Å²) in [4.78, 5) is 4.30. The summed E-state index contributed by atoms with van der Waals surface area (Å²) in [6.07, 6.45) is 8.00. The van der Waals surface area contributed by atoms with E-state index in [1.165, 1.54) is 0 Å². The number of pyridine rings is 1. The zero-order chi connectivity index (χ0) is 8.23. The van der Waals surface area contributed by atoms with Crippen LogP contribution in [-0.2, 0) is 0 Å². The molecule has 0 radical (unpaired) electrons. The van der Waals surface area contributed by atoms with Crippen molar-refractivity contribution in [3.63, 3.8) is 0 Å². The van der Waals surface area contributed by atoms with Crippen molar-refractivity contribution in [3.05, 3.63) is 48.0 Å². The maximum absolute atomic E-state index is 4.30. The van der Waals surface area contributed by atoms with Gasteiger partial charge < -0.3 is 0 Å². The van der Waals surface area contributed by atoms with Crippen molar-refractivity contribution in [3.8, 4) is 0 Å². The van der Waals surface area contributed by atoms with Gasteiger partial charge in [-0.05, 0) is 22.9 Å². The molecule has 1 aromatic rings. The first kappa shape index (κ1) is 7.50. The molecule has 0 N–H and O–H groups in total. The average Bonchev–Trinajstić information content (AvgIpc) is 2.21. The largest absolute Gasteiger partial charge is 0.250 e. The molecule has 2 heterocycles. The Bertz CT molecular complexity index is 349. The Balaban J connectivity index is 2.38. The predicted molar refractivity (Wildman–Crippen MR) is 54.4 cm³/mol. The van der Waals surface area contributed by atoms with Crippen LogP contribution in [0.5, 0.6) is 0 Å². The third kappa shape index (κ3) is 1.53. The van der Waals surface area contributed by atoms with Crippen LogP contribution in [0.4, 0.5) is 0 Å². The highest BCUT2D eigenvalue weighted by Gasteiger charge is 1.95. The van der Waals surface area contributed by atoms with E-state index in [4.69, 9.17) is 0 Å². The fourth-order valence-corrected chi connectivity index (χ4v) is 2.30. The van der Waals surface area contributed by atoms with E-state index in [9.17, 15) is 0 Å². The lowest BCUT2D eigenvalue weighted by Gasteiger charge is -2.02. The molecule has 1 nitrogen and oxygen atoms in total. The maximum Gasteiger partial charge on any atom is 0.0944 e. The van der Waals surface area contributed by atoms with E-state index in [1.54, 1.807) is 0 Å². The Morgan fingerprint density at radius 2 is 2.08 bits per heavy atom. The summed E-state index contributed by atoms with van der Waals surface area (Å²) in [5.41, 5.74) is 0. The van der Waals surface area contributed by atoms with Crippen molar-refractivity contribution < 1.29 is 0 Å². The smallest absolute Gasteiger partial charge is 0.0944 e. The topological polar surface area (TPSA) is 12.9 Å². The minimum Gasteiger partial charge on any atom is -0.250 e. The van der Waals surface area contributed by atoms with Crippen LogP contribution in [0.1, 0.15) is 0 Å². The third-order valence-corrected chi connectivity index (χ3v) is 3.18. The fraction of sp³-hybridized carbons (Fsp3) is 0. The summed E-state index contributed by atoms with van der Waals surface area (Å²) < 4.78 is 0. The van der Waals surface area contributed by atoms with Gasteiger partial charge in [0.05, 0.1) is 5.03 Å². The number of aromatic nitrogens is 1. The second kappa shape index (κ2) is 3.50. The average molecular weight is 175 g/mol. The quantitative estimate of drug-likeness (QED) is 0.598. The molecule has 1 aromatic heterocycles. The van der Waals surface area contributed by atoms with Crippen LogP contribution >= 0.6 is 10.5 Å². The molecule has 2 heteroatoms. The lowest BCUT2D eigenvalue weighted by atomic mass is 10.5. The molecular formula is C10H9NS. The second-order valence-corrected chi connectivity index (χ2v) is 4.10. The minimum absolute atomic E-state index is 0.0885. The van der Waals surface area contributed by atoms with Gasteiger partial charge in [-0.3, -0.25) is 4.98 Å². The van der Waals surface area contributed by atoms with Crippen LogP contribution in [0.2, 0.25) is 0 Å². The van der Waals surface area contributed by atoms with Crippen LogP contribution < -0.4 is 0 Å². The van der Waals surface area contributed by atoms with E-state index in [2.05, 4.69) is 34.0 Å². The van der Waals surface area contributed by atoms with Gasteiger partial charge in [-0.25, -0.2) is 0 Å². The van der Waals surface area contributed by atoms with Crippen molar-refractivity contribution in [2.45, 2.75) is 5.03 Å². The Morgan fingerprint density at radius 3 is 2.75 bits per heavy atom. The van der Waals surface area contributed by atoms with Gasteiger partial charge in [0.1, 0.15) is 0 Å². The van der Waals surface area contributed by atoms with E-state index in [0.29, 0.717) is 0 Å². The summed E-state index contributed by atoms with van der Waals surface area (Å²) in [5.74, 6) is 0. The summed E-state index contributed by atoms with van der Waals surface area (Å²) in [6, 6.07) is 6.02. The molecule has 1 aliphatic rings. The van der Waals surface area contributed by atoms with Crippen molar-refractivity contribution in [2.24, 2.45) is 0 Å². The van der Waals surface area contributed by atoms with E-state index in [0.717, 1.165) is 5.03 Å². The van der Waals surface area contributed by atoms with Crippen LogP contribution in [0.25, 0.3) is 0 Å². The Kier molecular flexibility index (Phi) is 2.19. The molecule has 0 spiro atoms. The van der Waals surface area contributed by atoms with Gasteiger partial charge in [0.25, 0.3) is 0 Å². The standard InChI is InChI=1S/C10H9NS/c1-4-8-12(9-5-1)10-6-2-3-7-11-10/h1-9H. The third-order valence-electron chi connectivity index (χ3n) is 1.55. The Morgan fingerprint density at radius 1 is 1.08 bits per heavy atom. The molecule has 1 atom stereocenters. The summed E-state index contributed by atoms with van der Waals surface area (Å²) in [5, 5.41) is 5.48. The van der Waals surface area contributed by atoms with Gasteiger partial charge in [-0.1, -0.05) is 24.3 Å². The molecule has 0 bridgehead atoms. The molecule has 0 amide bonds. The number of rotatable bonds is 1. The first-order valence-electron chi connectivity index (χ1n) is 3.78. The molecule has 0 fully saturated rings. The van der Waals surface area contributed by atoms with Gasteiger partial charge in [0, 0.05) is 6.20 Å². The van der Waals surface area contributed by atoms with E-state index in [-0.39, 0.29) is 10.5 Å². The number of hydrogen-bond acceptors (Lipinski definition) is 1. The van der Waals surface area contributed by atoms with E-state index < -0.39 is 0 Å². The molecule has 2 rings (SSSR count). The van der Waals surface area contributed by atoms with E-state index >= 15 is 0 Å². The molecular weight excluding hydrogens is 166 g/mol. The molecule has 12 heavy (non-hydrogen) atoms. The monoisotopic (exact) mass is 175 g/mol. The van der Waals surface area contributed by atoms with E-state index in [1.807, 2.05) is 24.4 Å². The first-order chi connectivity index (χ1) is 5.97. The molecule has 1 unspecified atom stereocenters. The normalized spacial score (nSPS) is 20.5. The highest BCUT2D eigenvalue weighted by molar-refractivity contribution is 8.17. The molecule has 1 aliphatic heterocycles. The van der Waals surface area contributed by atoms with Crippen molar-refractivity contribution >= 4 is 15.9 Å². The van der Waals surface area contributed by atoms with Crippen molar-refractivity contribution in [1.29, 1.82) is 0 Å². The van der Waals surface area contributed by atoms with Crippen LogP contribution in [0, 0.1) is 0 Å². The second-order valence-electron chi connectivity index (χ2n) is 2.39. The lowest BCUT2D eigenvalue weighted by Crippen LogP contribution is -1.81.